The maximum Gasteiger partial charge on any atom is 0.329 e. The molecule has 0 aliphatic carbocycles. The molecule has 0 fully saturated rings. The summed E-state index contributed by atoms with van der Waals surface area (Å²) in [6, 6.07) is 6.28. The molecule has 11 heteroatoms. The monoisotopic (exact) mass is 488 g/mol. The van der Waals surface area contributed by atoms with Crippen LogP contribution in [0, 0.1) is 0 Å². The van der Waals surface area contributed by atoms with Crippen LogP contribution < -0.4 is 5.32 Å². The summed E-state index contributed by atoms with van der Waals surface area (Å²) in [6.07, 6.45) is 0. The van der Waals surface area contributed by atoms with E-state index in [-0.39, 0.29) is 36.9 Å². The molecular weight excluding hydrogens is 478 g/mol. The van der Waals surface area contributed by atoms with Gasteiger partial charge in [0.1, 0.15) is 6.04 Å². The second kappa shape index (κ2) is 8.81. The molecule has 0 saturated heterocycles. The Morgan fingerprint density at radius 1 is 1.00 bits per heavy atom. The summed E-state index contributed by atoms with van der Waals surface area (Å²) in [4.78, 5) is 50.1. The van der Waals surface area contributed by atoms with Gasteiger partial charge >= 0.3 is 5.97 Å². The first-order valence-corrected chi connectivity index (χ1v) is 9.91. The number of carbonyl (C=O) groups excluding carboxylic acids is 4. The van der Waals surface area contributed by atoms with Crippen LogP contribution in [0.4, 0.5) is 5.69 Å². The number of rotatable bonds is 5. The Hall–Kier alpha value is -2.32. The molecule has 1 aliphatic heterocycles. The van der Waals surface area contributed by atoms with Crippen molar-refractivity contribution in [1.29, 1.82) is 0 Å². The molecule has 0 spiro atoms. The van der Waals surface area contributed by atoms with Crippen molar-refractivity contribution in [2.75, 3.05) is 11.9 Å². The van der Waals surface area contributed by atoms with Crippen molar-refractivity contribution in [2.45, 2.75) is 13.0 Å². The molecule has 1 atom stereocenters. The van der Waals surface area contributed by atoms with Crippen molar-refractivity contribution in [3.63, 3.8) is 0 Å². The second-order valence-electron chi connectivity index (χ2n) is 6.20. The van der Waals surface area contributed by atoms with Gasteiger partial charge < -0.3 is 10.1 Å². The van der Waals surface area contributed by atoms with Crippen LogP contribution in [0.5, 0.6) is 0 Å². The van der Waals surface area contributed by atoms with Gasteiger partial charge in [-0.3, -0.25) is 19.3 Å². The van der Waals surface area contributed by atoms with Crippen molar-refractivity contribution in [3.05, 3.63) is 61.5 Å². The highest BCUT2D eigenvalue weighted by molar-refractivity contribution is 6.50. The fourth-order valence-corrected chi connectivity index (χ4v) is 3.68. The zero-order chi connectivity index (χ0) is 22.2. The van der Waals surface area contributed by atoms with E-state index in [2.05, 4.69) is 5.32 Å². The van der Waals surface area contributed by atoms with E-state index in [1.165, 1.54) is 25.1 Å². The largest absolute Gasteiger partial charge is 0.454 e. The van der Waals surface area contributed by atoms with Gasteiger partial charge in [-0.1, -0.05) is 58.5 Å². The van der Waals surface area contributed by atoms with Crippen molar-refractivity contribution in [3.8, 4) is 0 Å². The zero-order valence-electron chi connectivity index (χ0n) is 15.2. The van der Waals surface area contributed by atoms with Gasteiger partial charge in [0.2, 0.25) is 0 Å². The highest BCUT2D eigenvalue weighted by Gasteiger charge is 2.41. The van der Waals surface area contributed by atoms with E-state index in [1.54, 1.807) is 12.1 Å². The van der Waals surface area contributed by atoms with Crippen LogP contribution in [0.1, 0.15) is 27.6 Å². The first-order chi connectivity index (χ1) is 14.1. The lowest BCUT2D eigenvalue weighted by Crippen LogP contribution is -2.44. The van der Waals surface area contributed by atoms with Gasteiger partial charge in [0, 0.05) is 0 Å². The number of benzene rings is 2. The fourth-order valence-electron chi connectivity index (χ4n) is 2.78. The van der Waals surface area contributed by atoms with Crippen LogP contribution in [0.15, 0.2) is 30.3 Å². The normalized spacial score (nSPS) is 13.8. The number of hydrogen-bond acceptors (Lipinski definition) is 5. The Bertz CT molecular complexity index is 1030. The number of carbonyl (C=O) groups is 4. The average Bonchev–Trinajstić information content (AvgIpc) is 2.98. The topological polar surface area (TPSA) is 92.8 Å². The third-order valence-corrected chi connectivity index (χ3v) is 5.85. The number of amides is 3. The molecule has 0 bridgehead atoms. The molecule has 1 aliphatic rings. The summed E-state index contributed by atoms with van der Waals surface area (Å²) in [5, 5.41) is 2.42. The Balaban J connectivity index is 1.65. The highest BCUT2D eigenvalue weighted by Crippen LogP contribution is 2.41. The van der Waals surface area contributed by atoms with Gasteiger partial charge in [-0.15, -0.1) is 0 Å². The number of fused-ring (bicyclic) bond motifs is 1. The van der Waals surface area contributed by atoms with Crippen LogP contribution in [0.25, 0.3) is 0 Å². The minimum atomic E-state index is -1.24. The van der Waals surface area contributed by atoms with E-state index >= 15 is 0 Å². The molecule has 3 rings (SSSR count). The number of ether oxygens (including phenoxy) is 1. The van der Waals surface area contributed by atoms with Gasteiger partial charge in [-0.05, 0) is 25.1 Å². The fraction of sp³-hybridized carbons (Fsp3) is 0.158. The van der Waals surface area contributed by atoms with Crippen LogP contribution in [0.3, 0.4) is 0 Å². The third-order valence-electron chi connectivity index (χ3n) is 4.28. The standard InChI is InChI=1S/C19H12Cl4N2O5/c1-8(25-17(27)9-4-2-3-5-10(9)18(25)28)19(29)30-7-13(26)24-16-14(22)11(20)6-12(21)15(16)23/h2-6,8H,7H2,1H3,(H,24,26). The first-order valence-electron chi connectivity index (χ1n) is 8.39. The molecule has 0 saturated carbocycles. The van der Waals surface area contributed by atoms with Crippen LogP contribution >= 0.6 is 46.4 Å². The first kappa shape index (κ1) is 22.4. The van der Waals surface area contributed by atoms with E-state index in [0.29, 0.717) is 0 Å². The van der Waals surface area contributed by atoms with E-state index < -0.39 is 36.3 Å². The third kappa shape index (κ3) is 4.11. The van der Waals surface area contributed by atoms with Gasteiger partial charge in [0.05, 0.1) is 36.9 Å². The molecule has 0 aromatic heterocycles. The smallest absolute Gasteiger partial charge is 0.329 e. The summed E-state index contributed by atoms with van der Waals surface area (Å²) >= 11 is 23.8. The second-order valence-corrected chi connectivity index (χ2v) is 7.77. The number of hydrogen-bond donors (Lipinski definition) is 1. The highest BCUT2D eigenvalue weighted by atomic mass is 35.5. The number of nitrogens with one attached hydrogen (secondary N) is 1. The van der Waals surface area contributed by atoms with Crippen molar-refractivity contribution in [2.24, 2.45) is 0 Å². The molecule has 2 aromatic rings. The molecule has 1 unspecified atom stereocenters. The number of halogens is 4. The number of imide groups is 1. The number of anilines is 1. The van der Waals surface area contributed by atoms with Crippen LogP contribution in [0.2, 0.25) is 20.1 Å². The predicted molar refractivity (Wildman–Crippen MR) is 112 cm³/mol. The maximum absolute atomic E-state index is 12.4. The predicted octanol–water partition coefficient (Wildman–Crippen LogP) is 4.47. The van der Waals surface area contributed by atoms with Gasteiger partial charge in [0.15, 0.2) is 6.61 Å². The molecule has 30 heavy (non-hydrogen) atoms. The average molecular weight is 490 g/mol. The minimum Gasteiger partial charge on any atom is -0.454 e. The van der Waals surface area contributed by atoms with Gasteiger partial charge in [-0.25, -0.2) is 4.79 Å². The van der Waals surface area contributed by atoms with Gasteiger partial charge in [0.25, 0.3) is 17.7 Å². The summed E-state index contributed by atoms with van der Waals surface area (Å²) in [7, 11) is 0. The summed E-state index contributed by atoms with van der Waals surface area (Å²) in [5.74, 6) is -2.95. The molecule has 3 amide bonds. The maximum atomic E-state index is 12.4. The Kier molecular flexibility index (Phi) is 6.57. The molecule has 1 N–H and O–H groups in total. The van der Waals surface area contributed by atoms with Crippen LogP contribution in [-0.2, 0) is 14.3 Å². The number of esters is 1. The van der Waals surface area contributed by atoms with E-state index in [4.69, 9.17) is 51.1 Å². The Morgan fingerprint density at radius 3 is 2.00 bits per heavy atom. The molecule has 0 radical (unpaired) electrons. The molecule has 156 valence electrons. The molecule has 7 nitrogen and oxygen atoms in total. The summed E-state index contributed by atoms with van der Waals surface area (Å²) in [5.41, 5.74) is 0.356. The molecule has 1 heterocycles. The van der Waals surface area contributed by atoms with Gasteiger partial charge in [-0.2, -0.15) is 0 Å². The lowest BCUT2D eigenvalue weighted by atomic mass is 10.1. The van der Waals surface area contributed by atoms with Crippen molar-refractivity contribution < 1.29 is 23.9 Å². The zero-order valence-corrected chi connectivity index (χ0v) is 18.2. The Morgan fingerprint density at radius 2 is 1.50 bits per heavy atom. The van der Waals surface area contributed by atoms with Crippen LogP contribution in [-0.4, -0.2) is 41.2 Å². The van der Waals surface area contributed by atoms with Crippen molar-refractivity contribution in [1.82, 2.24) is 4.90 Å². The summed E-state index contributed by atoms with van der Waals surface area (Å²) < 4.78 is 4.94. The van der Waals surface area contributed by atoms with Crippen molar-refractivity contribution >= 4 is 75.8 Å². The lowest BCUT2D eigenvalue weighted by molar-refractivity contribution is -0.150. The lowest BCUT2D eigenvalue weighted by Gasteiger charge is -2.20. The summed E-state index contributed by atoms with van der Waals surface area (Å²) in [6.45, 7) is 0.607. The number of nitrogens with zero attached hydrogens (tertiary/aromatic N) is 1. The Labute approximate surface area is 190 Å². The van der Waals surface area contributed by atoms with E-state index in [0.717, 1.165) is 4.90 Å². The SMILES string of the molecule is CC(C(=O)OCC(=O)Nc1c(Cl)c(Cl)cc(Cl)c1Cl)N1C(=O)c2ccccc2C1=O. The molecular formula is C19H12Cl4N2O5. The molecule has 2 aromatic carbocycles. The van der Waals surface area contributed by atoms with E-state index in [1.807, 2.05) is 0 Å². The quantitative estimate of drug-likeness (QED) is 0.380. The van der Waals surface area contributed by atoms with E-state index in [9.17, 15) is 19.2 Å². The minimum absolute atomic E-state index is 0.0368.